The van der Waals surface area contributed by atoms with Crippen molar-refractivity contribution < 1.29 is 13.2 Å². The predicted molar refractivity (Wildman–Crippen MR) is 94.3 cm³/mol. The van der Waals surface area contributed by atoms with Gasteiger partial charge in [0.05, 0.1) is 11.6 Å². The third kappa shape index (κ3) is 2.81. The molecule has 1 nitrogen and oxygen atoms in total. The van der Waals surface area contributed by atoms with Crippen LogP contribution in [0.15, 0.2) is 48.6 Å². The van der Waals surface area contributed by atoms with E-state index < -0.39 is 17.8 Å². The lowest BCUT2D eigenvalue weighted by Crippen LogP contribution is -2.31. The zero-order valence-corrected chi connectivity index (χ0v) is 14.5. The Hall–Kier alpha value is -1.65. The van der Waals surface area contributed by atoms with Crippen LogP contribution in [-0.4, -0.2) is 0 Å². The molecule has 0 saturated carbocycles. The number of benzene rings is 2. The molecule has 2 aromatic carbocycles. The van der Waals surface area contributed by atoms with Gasteiger partial charge in [0.15, 0.2) is 0 Å². The molecule has 3 atom stereocenters. The van der Waals surface area contributed by atoms with Crippen molar-refractivity contribution >= 4 is 28.9 Å². The average molecular weight is 384 g/mol. The van der Waals surface area contributed by atoms with Crippen LogP contribution in [0.25, 0.3) is 0 Å². The van der Waals surface area contributed by atoms with Crippen LogP contribution in [0.3, 0.4) is 0 Å². The third-order valence-corrected chi connectivity index (χ3v) is 5.51. The standard InChI is InChI=1S/C19H14Cl2F3N/c20-10-8-15(21)17-11-5-3-6-12(11)18(25-16(17)9-10)13-4-1-2-7-14(13)19(22,23)24/h1-5,7-9,11-12,18,25H,6H2/t11-,12+,18+/m1/s1. The zero-order valence-electron chi connectivity index (χ0n) is 12.9. The molecule has 1 heterocycles. The summed E-state index contributed by atoms with van der Waals surface area (Å²) in [6.07, 6.45) is 0.354. The van der Waals surface area contributed by atoms with Gasteiger partial charge in [0, 0.05) is 27.2 Å². The van der Waals surface area contributed by atoms with E-state index in [1.54, 1.807) is 24.3 Å². The van der Waals surface area contributed by atoms with E-state index in [-0.39, 0.29) is 17.4 Å². The molecule has 0 unspecified atom stereocenters. The smallest absolute Gasteiger partial charge is 0.378 e. The monoisotopic (exact) mass is 383 g/mol. The van der Waals surface area contributed by atoms with Crippen LogP contribution in [0.2, 0.25) is 10.0 Å². The zero-order chi connectivity index (χ0) is 17.8. The Bertz CT molecular complexity index is 860. The number of nitrogens with one attached hydrogen (secondary N) is 1. The fourth-order valence-corrected chi connectivity index (χ4v) is 4.60. The number of rotatable bonds is 1. The van der Waals surface area contributed by atoms with Crippen molar-refractivity contribution in [2.45, 2.75) is 24.6 Å². The fourth-order valence-electron chi connectivity index (χ4n) is 3.98. The first-order valence-corrected chi connectivity index (χ1v) is 8.70. The summed E-state index contributed by atoms with van der Waals surface area (Å²) < 4.78 is 40.5. The maximum absolute atomic E-state index is 13.5. The van der Waals surface area contributed by atoms with Crippen molar-refractivity contribution in [3.63, 3.8) is 0 Å². The first-order chi connectivity index (χ1) is 11.9. The highest BCUT2D eigenvalue weighted by atomic mass is 35.5. The van der Waals surface area contributed by atoms with Crippen molar-refractivity contribution in [3.8, 4) is 0 Å². The average Bonchev–Trinajstić information content (AvgIpc) is 3.02. The molecule has 130 valence electrons. The van der Waals surface area contributed by atoms with Crippen molar-refractivity contribution in [3.05, 3.63) is 75.3 Å². The number of halogens is 5. The second-order valence-electron chi connectivity index (χ2n) is 6.41. The Morgan fingerprint density at radius 3 is 2.60 bits per heavy atom. The number of hydrogen-bond acceptors (Lipinski definition) is 1. The molecule has 0 radical (unpaired) electrons. The lowest BCUT2D eigenvalue weighted by Gasteiger charge is -2.39. The van der Waals surface area contributed by atoms with Crippen LogP contribution < -0.4 is 5.32 Å². The van der Waals surface area contributed by atoms with E-state index in [0.29, 0.717) is 22.2 Å². The molecule has 0 aromatic heterocycles. The van der Waals surface area contributed by atoms with Crippen LogP contribution >= 0.6 is 23.2 Å². The molecule has 1 aliphatic carbocycles. The maximum atomic E-state index is 13.5. The SMILES string of the molecule is FC(F)(F)c1ccccc1[C@H]1Nc2cc(Cl)cc(Cl)c2[C@@H]2C=CC[C@H]12. The minimum atomic E-state index is -4.40. The number of fused-ring (bicyclic) bond motifs is 3. The molecular formula is C19H14Cl2F3N. The van der Waals surface area contributed by atoms with Crippen molar-refractivity contribution in [1.29, 1.82) is 0 Å². The van der Waals surface area contributed by atoms with E-state index in [1.807, 2.05) is 12.2 Å². The Morgan fingerprint density at radius 1 is 1.08 bits per heavy atom. The fraction of sp³-hybridized carbons (Fsp3) is 0.263. The molecule has 0 bridgehead atoms. The Morgan fingerprint density at radius 2 is 1.84 bits per heavy atom. The summed E-state index contributed by atoms with van der Waals surface area (Å²) in [6.45, 7) is 0. The first-order valence-electron chi connectivity index (χ1n) is 7.94. The van der Waals surface area contributed by atoms with Gasteiger partial charge in [-0.25, -0.2) is 0 Å². The van der Waals surface area contributed by atoms with Crippen LogP contribution in [0.5, 0.6) is 0 Å². The van der Waals surface area contributed by atoms with Gasteiger partial charge in [-0.15, -0.1) is 0 Å². The van der Waals surface area contributed by atoms with Crippen LogP contribution in [0, 0.1) is 5.92 Å². The Labute approximate surface area is 153 Å². The number of hydrogen-bond donors (Lipinski definition) is 1. The Kier molecular flexibility index (Phi) is 4.00. The lowest BCUT2D eigenvalue weighted by atomic mass is 9.76. The van der Waals surface area contributed by atoms with Gasteiger partial charge >= 0.3 is 6.18 Å². The topological polar surface area (TPSA) is 12.0 Å². The van der Waals surface area contributed by atoms with Crippen molar-refractivity contribution in [2.24, 2.45) is 5.92 Å². The summed E-state index contributed by atoms with van der Waals surface area (Å²) in [5.74, 6) is -0.0398. The van der Waals surface area contributed by atoms with Gasteiger partial charge in [-0.1, -0.05) is 53.6 Å². The molecule has 25 heavy (non-hydrogen) atoms. The van der Waals surface area contributed by atoms with Gasteiger partial charge in [0.2, 0.25) is 0 Å². The minimum Gasteiger partial charge on any atom is -0.378 e. The minimum absolute atomic E-state index is 0.0188. The van der Waals surface area contributed by atoms with Crippen molar-refractivity contribution in [2.75, 3.05) is 5.32 Å². The molecule has 2 aliphatic rings. The summed E-state index contributed by atoms with van der Waals surface area (Å²) in [6, 6.07) is 8.69. The molecular weight excluding hydrogens is 370 g/mol. The van der Waals surface area contributed by atoms with Gasteiger partial charge < -0.3 is 5.32 Å². The van der Waals surface area contributed by atoms with Gasteiger partial charge in [-0.3, -0.25) is 0 Å². The van der Waals surface area contributed by atoms with E-state index in [2.05, 4.69) is 5.32 Å². The second kappa shape index (κ2) is 5.96. The summed E-state index contributed by atoms with van der Waals surface area (Å²) >= 11 is 12.5. The Balaban J connectivity index is 1.86. The molecule has 2 aromatic rings. The van der Waals surface area contributed by atoms with Crippen LogP contribution in [-0.2, 0) is 6.18 Å². The van der Waals surface area contributed by atoms with Gasteiger partial charge in [-0.05, 0) is 36.1 Å². The third-order valence-electron chi connectivity index (χ3n) is 4.98. The van der Waals surface area contributed by atoms with Gasteiger partial charge in [0.25, 0.3) is 0 Å². The van der Waals surface area contributed by atoms with E-state index >= 15 is 0 Å². The predicted octanol–water partition coefficient (Wildman–Crippen LogP) is 6.84. The maximum Gasteiger partial charge on any atom is 0.416 e. The molecule has 4 rings (SSSR count). The summed E-state index contributed by atoms with van der Waals surface area (Å²) in [4.78, 5) is 0. The van der Waals surface area contributed by atoms with Crippen molar-refractivity contribution in [1.82, 2.24) is 0 Å². The van der Waals surface area contributed by atoms with Gasteiger partial charge in [-0.2, -0.15) is 13.2 Å². The molecule has 1 aliphatic heterocycles. The summed E-state index contributed by atoms with van der Waals surface area (Å²) in [7, 11) is 0. The largest absolute Gasteiger partial charge is 0.416 e. The lowest BCUT2D eigenvalue weighted by molar-refractivity contribution is -0.138. The molecule has 1 N–H and O–H groups in total. The van der Waals surface area contributed by atoms with E-state index in [1.165, 1.54) is 6.07 Å². The first kappa shape index (κ1) is 16.8. The van der Waals surface area contributed by atoms with Crippen LogP contribution in [0.1, 0.15) is 35.1 Å². The van der Waals surface area contributed by atoms with E-state index in [0.717, 1.165) is 11.6 Å². The van der Waals surface area contributed by atoms with E-state index in [4.69, 9.17) is 23.2 Å². The highest BCUT2D eigenvalue weighted by Crippen LogP contribution is 2.53. The quantitative estimate of drug-likeness (QED) is 0.531. The van der Waals surface area contributed by atoms with Crippen LogP contribution in [0.4, 0.5) is 18.9 Å². The number of allylic oxidation sites excluding steroid dienone is 2. The normalized spacial score (nSPS) is 24.6. The molecule has 0 amide bonds. The number of anilines is 1. The molecule has 0 fully saturated rings. The number of alkyl halides is 3. The second-order valence-corrected chi connectivity index (χ2v) is 7.25. The summed E-state index contributed by atoms with van der Waals surface area (Å²) in [5.41, 5.74) is 1.27. The highest BCUT2D eigenvalue weighted by molar-refractivity contribution is 6.35. The molecule has 0 saturated heterocycles. The van der Waals surface area contributed by atoms with E-state index in [9.17, 15) is 13.2 Å². The van der Waals surface area contributed by atoms with Gasteiger partial charge in [0.1, 0.15) is 0 Å². The molecule has 0 spiro atoms. The summed E-state index contributed by atoms with van der Waals surface area (Å²) in [5, 5.41) is 4.27. The highest BCUT2D eigenvalue weighted by Gasteiger charge is 2.43. The molecule has 6 heteroatoms.